The molecule has 2 N–H and O–H groups in total. The average Bonchev–Trinajstić information content (AvgIpc) is 2.79. The molecular formula is C23H23F3N4O3S. The Hall–Kier alpha value is -3.18. The second kappa shape index (κ2) is 9.22. The number of nitrogens with zero attached hydrogens (tertiary/aromatic N) is 3. The highest BCUT2D eigenvalue weighted by molar-refractivity contribution is 7.90. The van der Waals surface area contributed by atoms with Gasteiger partial charge in [0.25, 0.3) is 0 Å². The maximum absolute atomic E-state index is 13.5. The summed E-state index contributed by atoms with van der Waals surface area (Å²) in [5.41, 5.74) is 5.79. The molecule has 4 rings (SSSR count). The quantitative estimate of drug-likeness (QED) is 0.539. The van der Waals surface area contributed by atoms with Crippen molar-refractivity contribution in [1.29, 1.82) is 0 Å². The summed E-state index contributed by atoms with van der Waals surface area (Å²) in [6.07, 6.45) is -4.81. The molecular weight excluding hydrogens is 469 g/mol. The van der Waals surface area contributed by atoms with Gasteiger partial charge in [0.1, 0.15) is 5.82 Å². The zero-order valence-corrected chi connectivity index (χ0v) is 19.1. The number of hydrogen-bond donors (Lipinski definition) is 1. The van der Waals surface area contributed by atoms with Gasteiger partial charge in [-0.25, -0.2) is 18.4 Å². The summed E-state index contributed by atoms with van der Waals surface area (Å²) in [4.78, 5) is 10.2. The van der Waals surface area contributed by atoms with E-state index in [1.807, 2.05) is 11.8 Å². The van der Waals surface area contributed by atoms with Crippen LogP contribution in [-0.4, -0.2) is 44.2 Å². The lowest BCUT2D eigenvalue weighted by atomic mass is 10.2. The zero-order valence-electron chi connectivity index (χ0n) is 18.3. The van der Waals surface area contributed by atoms with Gasteiger partial charge in [-0.2, -0.15) is 13.2 Å². The van der Waals surface area contributed by atoms with Crippen LogP contribution in [0.4, 0.5) is 24.7 Å². The Kier molecular flexibility index (Phi) is 6.50. The molecule has 1 atom stereocenters. The number of aromatic nitrogens is 2. The van der Waals surface area contributed by atoms with Gasteiger partial charge in [0.2, 0.25) is 0 Å². The van der Waals surface area contributed by atoms with E-state index in [4.69, 9.17) is 10.5 Å². The number of benzene rings is 2. The van der Waals surface area contributed by atoms with Crippen LogP contribution in [0.25, 0.3) is 11.4 Å². The third-order valence-electron chi connectivity index (χ3n) is 5.46. The Morgan fingerprint density at radius 3 is 2.50 bits per heavy atom. The highest BCUT2D eigenvalue weighted by Crippen LogP contribution is 2.35. The Morgan fingerprint density at radius 1 is 1.12 bits per heavy atom. The Morgan fingerprint density at radius 2 is 1.82 bits per heavy atom. The summed E-state index contributed by atoms with van der Waals surface area (Å²) < 4.78 is 72.1. The van der Waals surface area contributed by atoms with Crippen molar-refractivity contribution in [3.05, 3.63) is 65.9 Å². The first-order chi connectivity index (χ1) is 16.0. The molecule has 180 valence electrons. The molecule has 0 unspecified atom stereocenters. The van der Waals surface area contributed by atoms with Crippen LogP contribution in [0.1, 0.15) is 18.2 Å². The summed E-state index contributed by atoms with van der Waals surface area (Å²) in [6, 6.07) is 12.4. The molecule has 2 heterocycles. The van der Waals surface area contributed by atoms with E-state index in [1.165, 1.54) is 12.1 Å². The number of nitrogens with two attached hydrogens (primary N) is 1. The number of morpholine rings is 1. The van der Waals surface area contributed by atoms with E-state index >= 15 is 0 Å². The van der Waals surface area contributed by atoms with E-state index in [2.05, 4.69) is 9.97 Å². The summed E-state index contributed by atoms with van der Waals surface area (Å²) in [5.74, 6) is 0.0217. The van der Waals surface area contributed by atoms with Gasteiger partial charge in [-0.1, -0.05) is 12.1 Å². The molecule has 1 aliphatic heterocycles. The van der Waals surface area contributed by atoms with Gasteiger partial charge in [0.15, 0.2) is 15.7 Å². The largest absolute Gasteiger partial charge is 0.417 e. The first-order valence-electron chi connectivity index (χ1n) is 10.5. The van der Waals surface area contributed by atoms with Crippen LogP contribution < -0.4 is 10.6 Å². The van der Waals surface area contributed by atoms with E-state index in [0.717, 1.165) is 18.2 Å². The van der Waals surface area contributed by atoms with Gasteiger partial charge in [0, 0.05) is 23.9 Å². The number of halogens is 3. The summed E-state index contributed by atoms with van der Waals surface area (Å²) in [7, 11) is -4.37. The van der Waals surface area contributed by atoms with Crippen LogP contribution in [0.2, 0.25) is 0 Å². The molecule has 2 aromatic carbocycles. The van der Waals surface area contributed by atoms with E-state index in [-0.39, 0.29) is 17.6 Å². The molecule has 1 fully saturated rings. The molecule has 11 heteroatoms. The van der Waals surface area contributed by atoms with E-state index in [9.17, 15) is 21.6 Å². The first kappa shape index (κ1) is 24.0. The lowest BCUT2D eigenvalue weighted by molar-refractivity contribution is -0.139. The van der Waals surface area contributed by atoms with Crippen molar-refractivity contribution in [1.82, 2.24) is 9.97 Å². The summed E-state index contributed by atoms with van der Waals surface area (Å²) >= 11 is 0. The number of sulfone groups is 1. The fourth-order valence-corrected chi connectivity index (χ4v) is 5.27. The van der Waals surface area contributed by atoms with Gasteiger partial charge in [-0.05, 0) is 43.3 Å². The van der Waals surface area contributed by atoms with E-state index < -0.39 is 32.2 Å². The molecule has 7 nitrogen and oxygen atoms in total. The Balaban J connectivity index is 1.79. The minimum Gasteiger partial charge on any atom is -0.399 e. The van der Waals surface area contributed by atoms with Crippen LogP contribution in [0.5, 0.6) is 0 Å². The number of hydrogen-bond acceptors (Lipinski definition) is 7. The molecule has 0 spiro atoms. The Bertz CT molecular complexity index is 1280. The second-order valence-corrected chi connectivity index (χ2v) is 9.99. The third-order valence-corrected chi connectivity index (χ3v) is 7.16. The fraction of sp³-hybridized carbons (Fsp3) is 0.304. The topological polar surface area (TPSA) is 98.4 Å². The van der Waals surface area contributed by atoms with E-state index in [1.54, 1.807) is 24.3 Å². The standard InChI is InChI=1S/C23H23F3N4O3S/c1-15-13-33-11-10-30(15)21-12-18(28-22(29-21)16-6-8-17(27)9-7-16)14-34(31,32)20-5-3-2-4-19(20)23(24,25)26/h2-9,12,15H,10-11,13-14,27H2,1H3/t15-/m0/s1. The van der Waals surface area contributed by atoms with E-state index in [0.29, 0.717) is 36.8 Å². The van der Waals surface area contributed by atoms with Crippen molar-refractivity contribution in [3.63, 3.8) is 0 Å². The van der Waals surface area contributed by atoms with Gasteiger partial charge >= 0.3 is 6.18 Å². The normalized spacial score (nSPS) is 17.1. The predicted octanol–water partition coefficient (Wildman–Crippen LogP) is 3.94. The minimum atomic E-state index is -4.81. The molecule has 3 aromatic rings. The lowest BCUT2D eigenvalue weighted by Crippen LogP contribution is -2.44. The van der Waals surface area contributed by atoms with Gasteiger partial charge in [-0.15, -0.1) is 0 Å². The lowest BCUT2D eigenvalue weighted by Gasteiger charge is -2.34. The third kappa shape index (κ3) is 5.15. The molecule has 0 aliphatic carbocycles. The van der Waals surface area contributed by atoms with Crippen LogP contribution in [-0.2, 0) is 26.5 Å². The van der Waals surface area contributed by atoms with Crippen molar-refractivity contribution in [2.45, 2.75) is 29.8 Å². The molecule has 0 amide bonds. The van der Waals surface area contributed by atoms with Crippen molar-refractivity contribution in [2.24, 2.45) is 0 Å². The minimum absolute atomic E-state index is 0.0293. The van der Waals surface area contributed by atoms with Crippen LogP contribution >= 0.6 is 0 Å². The molecule has 1 aliphatic rings. The van der Waals surface area contributed by atoms with Crippen molar-refractivity contribution >= 4 is 21.3 Å². The Labute approximate surface area is 195 Å². The first-order valence-corrected chi connectivity index (χ1v) is 12.2. The second-order valence-electron chi connectivity index (χ2n) is 8.03. The molecule has 0 radical (unpaired) electrons. The average molecular weight is 493 g/mol. The predicted molar refractivity (Wildman–Crippen MR) is 122 cm³/mol. The molecule has 0 bridgehead atoms. The highest BCUT2D eigenvalue weighted by Gasteiger charge is 2.37. The number of anilines is 2. The number of nitrogen functional groups attached to an aromatic ring is 1. The maximum Gasteiger partial charge on any atom is 0.417 e. The monoisotopic (exact) mass is 492 g/mol. The molecule has 1 aromatic heterocycles. The highest BCUT2D eigenvalue weighted by atomic mass is 32.2. The van der Waals surface area contributed by atoms with Gasteiger partial charge in [0.05, 0.1) is 41.2 Å². The van der Waals surface area contributed by atoms with Gasteiger partial charge in [-0.3, -0.25) is 0 Å². The SMILES string of the molecule is C[C@H]1COCCN1c1cc(CS(=O)(=O)c2ccccc2C(F)(F)F)nc(-c2ccc(N)cc2)n1. The summed E-state index contributed by atoms with van der Waals surface area (Å²) in [5, 5.41) is 0. The van der Waals surface area contributed by atoms with Crippen LogP contribution in [0, 0.1) is 0 Å². The molecule has 0 saturated carbocycles. The molecule has 1 saturated heterocycles. The zero-order chi connectivity index (χ0) is 24.5. The maximum atomic E-state index is 13.5. The number of alkyl halides is 3. The van der Waals surface area contributed by atoms with Crippen LogP contribution in [0.15, 0.2) is 59.5 Å². The van der Waals surface area contributed by atoms with Crippen molar-refractivity contribution < 1.29 is 26.3 Å². The van der Waals surface area contributed by atoms with Gasteiger partial charge < -0.3 is 15.4 Å². The van der Waals surface area contributed by atoms with Crippen molar-refractivity contribution in [2.75, 3.05) is 30.4 Å². The molecule has 34 heavy (non-hydrogen) atoms. The van der Waals surface area contributed by atoms with Crippen LogP contribution in [0.3, 0.4) is 0 Å². The fourth-order valence-electron chi connectivity index (χ4n) is 3.78. The summed E-state index contributed by atoms with van der Waals surface area (Å²) in [6.45, 7) is 3.41. The number of ether oxygens (including phenoxy) is 1. The number of rotatable bonds is 5. The smallest absolute Gasteiger partial charge is 0.399 e. The van der Waals surface area contributed by atoms with Crippen molar-refractivity contribution in [3.8, 4) is 11.4 Å².